The molecule has 0 amide bonds. The highest BCUT2D eigenvalue weighted by molar-refractivity contribution is 7.98. The van der Waals surface area contributed by atoms with E-state index in [0.717, 1.165) is 50.0 Å². The number of thioether (sulfide) groups is 1. The van der Waals surface area contributed by atoms with Crippen LogP contribution in [0.4, 0.5) is 0 Å². The molecule has 2 aromatic rings. The van der Waals surface area contributed by atoms with Crippen molar-refractivity contribution in [2.75, 3.05) is 51.8 Å². The van der Waals surface area contributed by atoms with Crippen LogP contribution in [0.2, 0.25) is 0 Å². The smallest absolute Gasteiger partial charge is 0.127 e. The molecule has 0 aliphatic carbocycles. The molecule has 2 heterocycles. The van der Waals surface area contributed by atoms with Crippen LogP contribution >= 0.6 is 11.8 Å². The number of aromatic nitrogens is 2. The van der Waals surface area contributed by atoms with E-state index in [1.54, 1.807) is 7.11 Å². The third-order valence-electron chi connectivity index (χ3n) is 4.51. The molecular formula is C18H26N4OS. The highest BCUT2D eigenvalue weighted by Crippen LogP contribution is 2.17. The van der Waals surface area contributed by atoms with Crippen LogP contribution in [0.3, 0.4) is 0 Å². The number of ether oxygens (including phenoxy) is 1. The van der Waals surface area contributed by atoms with Gasteiger partial charge in [-0.2, -0.15) is 11.8 Å². The summed E-state index contributed by atoms with van der Waals surface area (Å²) in [4.78, 5) is 9.63. The molecule has 0 N–H and O–H groups in total. The molecule has 6 heteroatoms. The Balaban J connectivity index is 1.60. The maximum absolute atomic E-state index is 5.24. The summed E-state index contributed by atoms with van der Waals surface area (Å²) in [6.07, 6.45) is 6.09. The van der Waals surface area contributed by atoms with Crippen molar-refractivity contribution in [3.8, 4) is 11.4 Å². The van der Waals surface area contributed by atoms with Gasteiger partial charge in [-0.1, -0.05) is 0 Å². The van der Waals surface area contributed by atoms with Gasteiger partial charge in [0, 0.05) is 56.6 Å². The van der Waals surface area contributed by atoms with Gasteiger partial charge in [0.2, 0.25) is 0 Å². The monoisotopic (exact) mass is 346 g/mol. The number of piperazine rings is 1. The maximum Gasteiger partial charge on any atom is 0.127 e. The van der Waals surface area contributed by atoms with Crippen molar-refractivity contribution in [2.45, 2.75) is 6.54 Å². The fraction of sp³-hybridized carbons (Fsp3) is 0.500. The van der Waals surface area contributed by atoms with Crippen LogP contribution in [0.1, 0.15) is 5.82 Å². The molecule has 0 saturated carbocycles. The largest absolute Gasteiger partial charge is 0.497 e. The molecule has 0 atom stereocenters. The summed E-state index contributed by atoms with van der Waals surface area (Å²) in [7, 11) is 1.69. The van der Waals surface area contributed by atoms with Crippen LogP contribution in [-0.2, 0) is 6.54 Å². The first-order chi connectivity index (χ1) is 11.8. The molecule has 1 aliphatic rings. The number of nitrogens with zero attached hydrogens (tertiary/aromatic N) is 4. The standard InChI is InChI=1S/C18H26N4OS/c1-23-17-5-3-16(4-6-17)22-8-7-19-18(22)15-21-11-9-20(10-12-21)13-14-24-2/h3-8H,9-15H2,1-2H3. The molecule has 24 heavy (non-hydrogen) atoms. The highest BCUT2D eigenvalue weighted by Gasteiger charge is 2.18. The maximum atomic E-state index is 5.24. The molecule has 1 fully saturated rings. The molecule has 0 radical (unpaired) electrons. The number of hydrogen-bond acceptors (Lipinski definition) is 5. The van der Waals surface area contributed by atoms with Crippen LogP contribution in [0.25, 0.3) is 5.69 Å². The Labute approximate surface area is 148 Å². The lowest BCUT2D eigenvalue weighted by molar-refractivity contribution is 0.130. The molecule has 1 saturated heterocycles. The van der Waals surface area contributed by atoms with Crippen molar-refractivity contribution >= 4 is 11.8 Å². The number of benzene rings is 1. The minimum Gasteiger partial charge on any atom is -0.497 e. The van der Waals surface area contributed by atoms with Gasteiger partial charge >= 0.3 is 0 Å². The lowest BCUT2D eigenvalue weighted by Gasteiger charge is -2.34. The van der Waals surface area contributed by atoms with Gasteiger partial charge in [0.1, 0.15) is 11.6 Å². The normalized spacial score (nSPS) is 16.4. The van der Waals surface area contributed by atoms with E-state index in [4.69, 9.17) is 4.74 Å². The van der Waals surface area contributed by atoms with Gasteiger partial charge in [0.25, 0.3) is 0 Å². The van der Waals surface area contributed by atoms with Gasteiger partial charge < -0.3 is 9.30 Å². The number of hydrogen-bond donors (Lipinski definition) is 0. The number of imidazole rings is 1. The number of methoxy groups -OCH3 is 1. The average Bonchev–Trinajstić information content (AvgIpc) is 3.09. The lowest BCUT2D eigenvalue weighted by Crippen LogP contribution is -2.46. The Morgan fingerprint density at radius 3 is 2.46 bits per heavy atom. The number of rotatable bonds is 7. The van der Waals surface area contributed by atoms with E-state index in [1.165, 1.54) is 12.3 Å². The predicted octanol–water partition coefficient (Wildman–Crippen LogP) is 2.36. The van der Waals surface area contributed by atoms with Crippen molar-refractivity contribution in [1.82, 2.24) is 19.4 Å². The Bertz CT molecular complexity index is 620. The average molecular weight is 347 g/mol. The van der Waals surface area contributed by atoms with Gasteiger partial charge in [-0.25, -0.2) is 4.98 Å². The van der Waals surface area contributed by atoms with Crippen LogP contribution in [0, 0.1) is 0 Å². The molecule has 0 bridgehead atoms. The molecule has 1 aromatic carbocycles. The van der Waals surface area contributed by atoms with Gasteiger partial charge in [0.05, 0.1) is 13.7 Å². The van der Waals surface area contributed by atoms with E-state index in [-0.39, 0.29) is 0 Å². The lowest BCUT2D eigenvalue weighted by atomic mass is 10.3. The highest BCUT2D eigenvalue weighted by atomic mass is 32.2. The van der Waals surface area contributed by atoms with Crippen LogP contribution in [0.5, 0.6) is 5.75 Å². The van der Waals surface area contributed by atoms with Gasteiger partial charge in [0.15, 0.2) is 0 Å². The van der Waals surface area contributed by atoms with Crippen LogP contribution in [0.15, 0.2) is 36.7 Å². The van der Waals surface area contributed by atoms with Crippen molar-refractivity contribution in [1.29, 1.82) is 0 Å². The molecule has 130 valence electrons. The molecule has 0 spiro atoms. The van der Waals surface area contributed by atoms with Crippen molar-refractivity contribution in [3.63, 3.8) is 0 Å². The minimum atomic E-state index is 0.877. The second-order valence-electron chi connectivity index (χ2n) is 6.02. The van der Waals surface area contributed by atoms with E-state index in [1.807, 2.05) is 36.3 Å². The summed E-state index contributed by atoms with van der Waals surface area (Å²) in [5.41, 5.74) is 1.13. The van der Waals surface area contributed by atoms with E-state index < -0.39 is 0 Å². The van der Waals surface area contributed by atoms with Crippen molar-refractivity contribution in [3.05, 3.63) is 42.5 Å². The topological polar surface area (TPSA) is 33.5 Å². The zero-order valence-electron chi connectivity index (χ0n) is 14.5. The first kappa shape index (κ1) is 17.3. The molecular weight excluding hydrogens is 320 g/mol. The summed E-state index contributed by atoms with van der Waals surface area (Å²) in [6.45, 7) is 6.65. The quantitative estimate of drug-likeness (QED) is 0.769. The van der Waals surface area contributed by atoms with Gasteiger partial charge in [-0.3, -0.25) is 9.80 Å². The molecule has 1 aromatic heterocycles. The third kappa shape index (κ3) is 4.32. The summed E-state index contributed by atoms with van der Waals surface area (Å²) in [6, 6.07) is 8.13. The zero-order valence-corrected chi connectivity index (χ0v) is 15.3. The van der Waals surface area contributed by atoms with E-state index in [2.05, 4.69) is 37.7 Å². The fourth-order valence-corrected chi connectivity index (χ4v) is 3.46. The molecule has 5 nitrogen and oxygen atoms in total. The predicted molar refractivity (Wildman–Crippen MR) is 100 cm³/mol. The molecule has 3 rings (SSSR count). The summed E-state index contributed by atoms with van der Waals surface area (Å²) >= 11 is 1.92. The Hall–Kier alpha value is -1.50. The third-order valence-corrected chi connectivity index (χ3v) is 5.10. The van der Waals surface area contributed by atoms with Gasteiger partial charge in [-0.05, 0) is 30.5 Å². The summed E-state index contributed by atoms with van der Waals surface area (Å²) < 4.78 is 7.40. The molecule has 1 aliphatic heterocycles. The Morgan fingerprint density at radius 1 is 1.08 bits per heavy atom. The Morgan fingerprint density at radius 2 is 1.79 bits per heavy atom. The second-order valence-corrected chi connectivity index (χ2v) is 7.01. The Kier molecular flexibility index (Phi) is 6.18. The minimum absolute atomic E-state index is 0.877. The van der Waals surface area contributed by atoms with Crippen molar-refractivity contribution < 1.29 is 4.74 Å². The van der Waals surface area contributed by atoms with Crippen LogP contribution in [-0.4, -0.2) is 71.2 Å². The van der Waals surface area contributed by atoms with E-state index in [0.29, 0.717) is 0 Å². The summed E-state index contributed by atoms with van der Waals surface area (Å²) in [5.74, 6) is 3.20. The SMILES string of the molecule is COc1ccc(-n2ccnc2CN2CCN(CCSC)CC2)cc1. The second kappa shape index (κ2) is 8.55. The molecule has 0 unspecified atom stereocenters. The van der Waals surface area contributed by atoms with E-state index in [9.17, 15) is 0 Å². The van der Waals surface area contributed by atoms with E-state index >= 15 is 0 Å². The summed E-state index contributed by atoms with van der Waals surface area (Å²) in [5, 5.41) is 0. The van der Waals surface area contributed by atoms with Crippen LogP contribution < -0.4 is 4.74 Å². The first-order valence-corrected chi connectivity index (χ1v) is 9.80. The zero-order chi connectivity index (χ0) is 16.8. The van der Waals surface area contributed by atoms with Gasteiger partial charge in [-0.15, -0.1) is 0 Å². The van der Waals surface area contributed by atoms with Crippen molar-refractivity contribution in [2.24, 2.45) is 0 Å². The first-order valence-electron chi connectivity index (χ1n) is 8.40. The fourth-order valence-electron chi connectivity index (χ4n) is 3.02.